The molecule has 0 bridgehead atoms. The van der Waals surface area contributed by atoms with Gasteiger partial charge in [0.05, 0.1) is 0 Å². The van der Waals surface area contributed by atoms with Gasteiger partial charge in [-0.2, -0.15) is 9.50 Å². The third-order valence-corrected chi connectivity index (χ3v) is 5.48. The molecular weight excluding hydrogens is 389 g/mol. The first-order valence-electron chi connectivity index (χ1n) is 8.91. The number of thiazole rings is 1. The number of rotatable bonds is 3. The Bertz CT molecular complexity index is 1430. The van der Waals surface area contributed by atoms with Crippen molar-refractivity contribution in [1.82, 2.24) is 14.6 Å². The fourth-order valence-corrected chi connectivity index (χ4v) is 3.88. The molecule has 0 aliphatic rings. The maximum absolute atomic E-state index is 13.1. The number of hydrogen-bond donors (Lipinski definition) is 0. The summed E-state index contributed by atoms with van der Waals surface area (Å²) in [4.78, 5) is 17.7. The van der Waals surface area contributed by atoms with Gasteiger partial charge in [0, 0.05) is 17.2 Å². The van der Waals surface area contributed by atoms with E-state index < -0.39 is 0 Å². The second-order valence-corrected chi connectivity index (χ2v) is 7.63. The lowest BCUT2D eigenvalue weighted by molar-refractivity contribution is 0.571. The first-order valence-corrected chi connectivity index (χ1v) is 9.72. The van der Waals surface area contributed by atoms with Crippen molar-refractivity contribution in [2.75, 3.05) is 0 Å². The zero-order chi connectivity index (χ0) is 20.0. The normalized spacial score (nSPS) is 12.1. The van der Waals surface area contributed by atoms with E-state index in [0.29, 0.717) is 26.8 Å². The largest absolute Gasteiger partial charge is 0.457 e. The molecule has 0 unspecified atom stereocenters. The minimum absolute atomic E-state index is 0.240. The fraction of sp³-hybridized carbons (Fsp3) is 0.0455. The predicted molar refractivity (Wildman–Crippen MR) is 110 cm³/mol. The Balaban J connectivity index is 1.51. The topological polar surface area (TPSA) is 60.4 Å². The Kier molecular flexibility index (Phi) is 4.10. The summed E-state index contributed by atoms with van der Waals surface area (Å²) in [5.41, 5.74) is 2.54. The summed E-state index contributed by atoms with van der Waals surface area (Å²) in [6.45, 7) is 2.01. The van der Waals surface area contributed by atoms with Crippen LogP contribution in [0.4, 0.5) is 4.39 Å². The quantitative estimate of drug-likeness (QED) is 0.456. The molecule has 0 saturated heterocycles. The van der Waals surface area contributed by atoms with Crippen LogP contribution in [-0.4, -0.2) is 14.6 Å². The first-order chi connectivity index (χ1) is 14.1. The van der Waals surface area contributed by atoms with Crippen molar-refractivity contribution in [3.05, 3.63) is 92.7 Å². The molecule has 3 aromatic heterocycles. The number of furan rings is 1. The van der Waals surface area contributed by atoms with E-state index in [2.05, 4.69) is 10.1 Å². The summed E-state index contributed by atoms with van der Waals surface area (Å²) >= 11 is 1.26. The Morgan fingerprint density at radius 1 is 1.00 bits per heavy atom. The Morgan fingerprint density at radius 3 is 2.45 bits per heavy atom. The molecule has 5 nitrogen and oxygen atoms in total. The number of nitrogens with zero attached hydrogens (tertiary/aromatic N) is 3. The number of hydrogen-bond acceptors (Lipinski definition) is 5. The molecule has 5 aromatic rings. The predicted octanol–water partition coefficient (Wildman–Crippen LogP) is 4.07. The highest BCUT2D eigenvalue weighted by atomic mass is 32.1. The maximum Gasteiger partial charge on any atom is 0.291 e. The molecule has 0 amide bonds. The van der Waals surface area contributed by atoms with Gasteiger partial charge in [0.25, 0.3) is 5.56 Å². The molecular formula is C22H14FN3O2S. The van der Waals surface area contributed by atoms with Crippen molar-refractivity contribution < 1.29 is 8.81 Å². The van der Waals surface area contributed by atoms with Crippen LogP contribution in [0.1, 0.15) is 11.3 Å². The number of aryl methyl sites for hydroxylation is 1. The van der Waals surface area contributed by atoms with Gasteiger partial charge >= 0.3 is 0 Å². The summed E-state index contributed by atoms with van der Waals surface area (Å²) in [5.74, 6) is 1.36. The van der Waals surface area contributed by atoms with Crippen LogP contribution < -0.4 is 10.1 Å². The Morgan fingerprint density at radius 2 is 1.72 bits per heavy atom. The highest BCUT2D eigenvalue weighted by Gasteiger charge is 2.12. The van der Waals surface area contributed by atoms with E-state index in [1.165, 1.54) is 28.0 Å². The number of aromatic nitrogens is 3. The third kappa shape index (κ3) is 3.25. The zero-order valence-electron chi connectivity index (χ0n) is 15.3. The molecule has 142 valence electrons. The van der Waals surface area contributed by atoms with E-state index in [4.69, 9.17) is 4.42 Å². The zero-order valence-corrected chi connectivity index (χ0v) is 16.1. The van der Waals surface area contributed by atoms with Gasteiger partial charge in [-0.1, -0.05) is 41.2 Å². The van der Waals surface area contributed by atoms with Crippen molar-refractivity contribution in [3.63, 3.8) is 0 Å². The van der Waals surface area contributed by atoms with E-state index in [1.54, 1.807) is 30.3 Å². The molecule has 0 radical (unpaired) electrons. The van der Waals surface area contributed by atoms with E-state index in [9.17, 15) is 9.18 Å². The van der Waals surface area contributed by atoms with Gasteiger partial charge in [0.2, 0.25) is 4.96 Å². The average molecular weight is 403 g/mol. The standard InChI is InChI=1S/C22H14FN3O2S/c1-13-2-4-15(5-3-13)20-24-22-26(25-20)21(27)19(29-22)12-17-10-11-18(28-17)14-6-8-16(23)9-7-14/h2-12H,1H3/b19-12-. The molecule has 0 N–H and O–H groups in total. The van der Waals surface area contributed by atoms with Gasteiger partial charge in [-0.15, -0.1) is 5.10 Å². The minimum atomic E-state index is -0.303. The highest BCUT2D eigenvalue weighted by Crippen LogP contribution is 2.23. The molecule has 3 heterocycles. The van der Waals surface area contributed by atoms with Crippen molar-refractivity contribution in [3.8, 4) is 22.7 Å². The van der Waals surface area contributed by atoms with Gasteiger partial charge in [-0.05, 0) is 43.3 Å². The summed E-state index contributed by atoms with van der Waals surface area (Å²) in [6, 6.07) is 17.4. The van der Waals surface area contributed by atoms with Crippen LogP contribution in [0.25, 0.3) is 33.7 Å². The van der Waals surface area contributed by atoms with Gasteiger partial charge in [0.15, 0.2) is 5.82 Å². The smallest absolute Gasteiger partial charge is 0.291 e. The van der Waals surface area contributed by atoms with Crippen LogP contribution in [0.15, 0.2) is 69.9 Å². The summed E-state index contributed by atoms with van der Waals surface area (Å²) < 4.78 is 20.7. The van der Waals surface area contributed by atoms with Crippen molar-refractivity contribution in [2.45, 2.75) is 6.92 Å². The molecule has 5 rings (SSSR count). The second-order valence-electron chi connectivity index (χ2n) is 6.62. The van der Waals surface area contributed by atoms with Gasteiger partial charge < -0.3 is 4.42 Å². The monoisotopic (exact) mass is 403 g/mol. The van der Waals surface area contributed by atoms with Gasteiger partial charge in [-0.3, -0.25) is 4.79 Å². The Labute approximate surface area is 168 Å². The fourth-order valence-electron chi connectivity index (χ4n) is 2.99. The van der Waals surface area contributed by atoms with Crippen molar-refractivity contribution in [1.29, 1.82) is 0 Å². The van der Waals surface area contributed by atoms with Crippen molar-refractivity contribution in [2.24, 2.45) is 0 Å². The lowest BCUT2D eigenvalue weighted by Gasteiger charge is -1.95. The number of halogens is 1. The SMILES string of the molecule is Cc1ccc(-c2nc3s/c(=C\c4ccc(-c5ccc(F)cc5)o4)c(=O)n3n2)cc1. The van der Waals surface area contributed by atoms with Gasteiger partial charge in [0.1, 0.15) is 21.9 Å². The second kappa shape index (κ2) is 6.79. The molecule has 29 heavy (non-hydrogen) atoms. The molecule has 0 aliphatic heterocycles. The summed E-state index contributed by atoms with van der Waals surface area (Å²) in [7, 11) is 0. The van der Waals surface area contributed by atoms with E-state index in [0.717, 1.165) is 16.7 Å². The lowest BCUT2D eigenvalue weighted by Crippen LogP contribution is -2.23. The van der Waals surface area contributed by atoms with Crippen LogP contribution >= 0.6 is 11.3 Å². The van der Waals surface area contributed by atoms with Crippen LogP contribution in [0.3, 0.4) is 0 Å². The van der Waals surface area contributed by atoms with Crippen LogP contribution in [-0.2, 0) is 0 Å². The first kappa shape index (κ1) is 17.5. The average Bonchev–Trinajstić information content (AvgIpc) is 3.41. The number of fused-ring (bicyclic) bond motifs is 1. The van der Waals surface area contributed by atoms with E-state index in [-0.39, 0.29) is 11.4 Å². The molecule has 2 aromatic carbocycles. The molecule has 7 heteroatoms. The molecule has 0 spiro atoms. The lowest BCUT2D eigenvalue weighted by atomic mass is 10.1. The van der Waals surface area contributed by atoms with Crippen LogP contribution in [0, 0.1) is 12.7 Å². The van der Waals surface area contributed by atoms with E-state index in [1.807, 2.05) is 31.2 Å². The third-order valence-electron chi connectivity index (χ3n) is 4.52. The number of benzene rings is 2. The summed E-state index contributed by atoms with van der Waals surface area (Å²) in [6.07, 6.45) is 1.67. The van der Waals surface area contributed by atoms with Gasteiger partial charge in [-0.25, -0.2) is 4.39 Å². The molecule has 0 aliphatic carbocycles. The highest BCUT2D eigenvalue weighted by molar-refractivity contribution is 7.15. The molecule has 0 atom stereocenters. The molecule has 0 saturated carbocycles. The summed E-state index contributed by atoms with van der Waals surface area (Å²) in [5, 5.41) is 4.35. The van der Waals surface area contributed by atoms with Crippen LogP contribution in [0.5, 0.6) is 0 Å². The molecule has 0 fully saturated rings. The van der Waals surface area contributed by atoms with Crippen LogP contribution in [0.2, 0.25) is 0 Å². The minimum Gasteiger partial charge on any atom is -0.457 e. The Hall–Kier alpha value is -3.58. The maximum atomic E-state index is 13.1. The van der Waals surface area contributed by atoms with E-state index >= 15 is 0 Å². The van der Waals surface area contributed by atoms with Crippen molar-refractivity contribution >= 4 is 22.4 Å².